The van der Waals surface area contributed by atoms with Crippen LogP contribution >= 0.6 is 0 Å². The lowest BCUT2D eigenvalue weighted by Crippen LogP contribution is -2.44. The van der Waals surface area contributed by atoms with Crippen molar-refractivity contribution in [1.29, 1.82) is 0 Å². The average molecular weight is 216 g/mol. The van der Waals surface area contributed by atoms with Gasteiger partial charge in [-0.3, -0.25) is 4.79 Å². The van der Waals surface area contributed by atoms with Crippen LogP contribution in [0.5, 0.6) is 0 Å². The molecular formula is C11H24N2O2. The number of carbonyl (C=O) groups is 1. The van der Waals surface area contributed by atoms with Crippen molar-refractivity contribution in [3.8, 4) is 0 Å². The molecule has 0 aromatic heterocycles. The molecule has 0 rings (SSSR count). The van der Waals surface area contributed by atoms with E-state index >= 15 is 0 Å². The summed E-state index contributed by atoms with van der Waals surface area (Å²) in [5.41, 5.74) is 5.75. The molecule has 90 valence electrons. The average Bonchev–Trinajstić information content (AvgIpc) is 2.21. The van der Waals surface area contributed by atoms with Gasteiger partial charge in [0.25, 0.3) is 0 Å². The summed E-state index contributed by atoms with van der Waals surface area (Å²) in [4.78, 5) is 11.5. The topological polar surface area (TPSA) is 75.4 Å². The van der Waals surface area contributed by atoms with E-state index in [9.17, 15) is 4.79 Å². The standard InChI is InChI=1S/C11H24N2O2/c1-4-8(2)10(12)11(15)13-7-5-6-9(3)14/h8-10,14H,4-7,12H2,1-3H3,(H,13,15)/t8?,9?,10-/m0/s1. The first-order valence-corrected chi connectivity index (χ1v) is 5.70. The van der Waals surface area contributed by atoms with Gasteiger partial charge in [0, 0.05) is 6.54 Å². The Morgan fingerprint density at radius 1 is 1.47 bits per heavy atom. The first-order chi connectivity index (χ1) is 6.99. The highest BCUT2D eigenvalue weighted by atomic mass is 16.3. The van der Waals surface area contributed by atoms with Crippen LogP contribution in [-0.2, 0) is 4.79 Å². The predicted molar refractivity (Wildman–Crippen MR) is 61.4 cm³/mol. The van der Waals surface area contributed by atoms with Crippen LogP contribution in [0.15, 0.2) is 0 Å². The molecule has 0 saturated carbocycles. The molecule has 1 amide bonds. The Labute approximate surface area is 92.2 Å². The zero-order valence-electron chi connectivity index (χ0n) is 9.99. The Hall–Kier alpha value is -0.610. The molecule has 0 aromatic rings. The normalized spacial score (nSPS) is 16.9. The van der Waals surface area contributed by atoms with Crippen molar-refractivity contribution in [3.05, 3.63) is 0 Å². The molecule has 0 heterocycles. The van der Waals surface area contributed by atoms with Gasteiger partial charge in [0.2, 0.25) is 5.91 Å². The van der Waals surface area contributed by atoms with E-state index in [0.29, 0.717) is 13.0 Å². The van der Waals surface area contributed by atoms with Gasteiger partial charge in [-0.15, -0.1) is 0 Å². The van der Waals surface area contributed by atoms with Gasteiger partial charge in [-0.05, 0) is 25.7 Å². The van der Waals surface area contributed by atoms with E-state index in [4.69, 9.17) is 10.8 Å². The summed E-state index contributed by atoms with van der Waals surface area (Å²) in [6, 6.07) is -0.415. The van der Waals surface area contributed by atoms with Crippen molar-refractivity contribution in [3.63, 3.8) is 0 Å². The number of amides is 1. The first kappa shape index (κ1) is 14.4. The van der Waals surface area contributed by atoms with Crippen molar-refractivity contribution in [2.24, 2.45) is 11.7 Å². The van der Waals surface area contributed by atoms with E-state index in [1.165, 1.54) is 0 Å². The van der Waals surface area contributed by atoms with Crippen molar-refractivity contribution in [2.75, 3.05) is 6.54 Å². The number of hydrogen-bond acceptors (Lipinski definition) is 3. The molecule has 0 radical (unpaired) electrons. The van der Waals surface area contributed by atoms with Gasteiger partial charge in [-0.25, -0.2) is 0 Å². The van der Waals surface area contributed by atoms with Crippen molar-refractivity contribution < 1.29 is 9.90 Å². The Balaban J connectivity index is 3.65. The molecule has 2 unspecified atom stereocenters. The number of carbonyl (C=O) groups excluding carboxylic acids is 1. The van der Waals surface area contributed by atoms with Gasteiger partial charge in [-0.1, -0.05) is 20.3 Å². The third-order valence-electron chi connectivity index (χ3n) is 2.66. The monoisotopic (exact) mass is 216 g/mol. The van der Waals surface area contributed by atoms with Crippen LogP contribution in [0.2, 0.25) is 0 Å². The van der Waals surface area contributed by atoms with E-state index in [-0.39, 0.29) is 17.9 Å². The summed E-state index contributed by atoms with van der Waals surface area (Å²) in [5, 5.41) is 11.8. The highest BCUT2D eigenvalue weighted by Gasteiger charge is 2.18. The van der Waals surface area contributed by atoms with Gasteiger partial charge in [0.15, 0.2) is 0 Å². The number of nitrogens with two attached hydrogens (primary N) is 1. The summed E-state index contributed by atoms with van der Waals surface area (Å²) >= 11 is 0. The Bertz CT molecular complexity index is 183. The molecule has 0 aliphatic heterocycles. The molecule has 4 heteroatoms. The van der Waals surface area contributed by atoms with Crippen LogP contribution in [0, 0.1) is 5.92 Å². The number of rotatable bonds is 7. The second kappa shape index (κ2) is 7.65. The minimum atomic E-state index is -0.415. The van der Waals surface area contributed by atoms with Crippen LogP contribution in [-0.4, -0.2) is 29.7 Å². The van der Waals surface area contributed by atoms with E-state index < -0.39 is 6.04 Å². The SMILES string of the molecule is CCC(C)[C@H](N)C(=O)NCCCC(C)O. The molecule has 0 saturated heterocycles. The zero-order valence-corrected chi connectivity index (χ0v) is 9.99. The molecule has 4 nitrogen and oxygen atoms in total. The second-order valence-electron chi connectivity index (χ2n) is 4.19. The lowest BCUT2D eigenvalue weighted by Gasteiger charge is -2.17. The van der Waals surface area contributed by atoms with Crippen molar-refractivity contribution in [1.82, 2.24) is 5.32 Å². The fraction of sp³-hybridized carbons (Fsp3) is 0.909. The predicted octanol–water partition coefficient (Wildman–Crippen LogP) is 0.637. The maximum absolute atomic E-state index is 11.5. The molecule has 0 bridgehead atoms. The van der Waals surface area contributed by atoms with Gasteiger partial charge in [0.1, 0.15) is 0 Å². The molecule has 0 fully saturated rings. The number of aliphatic hydroxyl groups excluding tert-OH is 1. The van der Waals surface area contributed by atoms with E-state index in [0.717, 1.165) is 12.8 Å². The highest BCUT2D eigenvalue weighted by molar-refractivity contribution is 5.81. The van der Waals surface area contributed by atoms with Crippen molar-refractivity contribution >= 4 is 5.91 Å². The van der Waals surface area contributed by atoms with Gasteiger partial charge >= 0.3 is 0 Å². The molecule has 4 N–H and O–H groups in total. The lowest BCUT2D eigenvalue weighted by atomic mass is 9.99. The van der Waals surface area contributed by atoms with Crippen LogP contribution in [0.3, 0.4) is 0 Å². The lowest BCUT2D eigenvalue weighted by molar-refractivity contribution is -0.123. The number of nitrogens with one attached hydrogen (secondary N) is 1. The number of hydrogen-bond donors (Lipinski definition) is 3. The quantitative estimate of drug-likeness (QED) is 0.547. The molecular weight excluding hydrogens is 192 g/mol. The van der Waals surface area contributed by atoms with Crippen LogP contribution in [0.25, 0.3) is 0 Å². The van der Waals surface area contributed by atoms with Crippen LogP contribution in [0.4, 0.5) is 0 Å². The maximum Gasteiger partial charge on any atom is 0.237 e. The molecule has 0 spiro atoms. The summed E-state index contributed by atoms with van der Waals surface area (Å²) < 4.78 is 0. The highest BCUT2D eigenvalue weighted by Crippen LogP contribution is 2.05. The number of aliphatic hydroxyl groups is 1. The Morgan fingerprint density at radius 3 is 2.53 bits per heavy atom. The summed E-state index contributed by atoms with van der Waals surface area (Å²) in [6.45, 7) is 6.33. The van der Waals surface area contributed by atoms with E-state index in [1.54, 1.807) is 6.92 Å². The zero-order chi connectivity index (χ0) is 11.8. The van der Waals surface area contributed by atoms with Gasteiger partial charge in [-0.2, -0.15) is 0 Å². The molecule has 15 heavy (non-hydrogen) atoms. The fourth-order valence-corrected chi connectivity index (χ4v) is 1.24. The van der Waals surface area contributed by atoms with Gasteiger partial charge in [0.05, 0.1) is 12.1 Å². The summed E-state index contributed by atoms with van der Waals surface area (Å²) in [6.07, 6.45) is 2.10. The Morgan fingerprint density at radius 2 is 2.07 bits per heavy atom. The van der Waals surface area contributed by atoms with Crippen molar-refractivity contribution in [2.45, 2.75) is 52.2 Å². The second-order valence-corrected chi connectivity index (χ2v) is 4.19. The summed E-state index contributed by atoms with van der Waals surface area (Å²) in [5.74, 6) is 0.122. The first-order valence-electron chi connectivity index (χ1n) is 5.70. The Kier molecular flexibility index (Phi) is 7.34. The third kappa shape index (κ3) is 6.47. The molecule has 0 aliphatic rings. The smallest absolute Gasteiger partial charge is 0.237 e. The molecule has 0 aromatic carbocycles. The van der Waals surface area contributed by atoms with E-state index in [2.05, 4.69) is 5.32 Å². The van der Waals surface area contributed by atoms with Crippen LogP contribution in [0.1, 0.15) is 40.0 Å². The fourth-order valence-electron chi connectivity index (χ4n) is 1.24. The molecule has 3 atom stereocenters. The minimum Gasteiger partial charge on any atom is -0.393 e. The minimum absolute atomic E-state index is 0.0880. The van der Waals surface area contributed by atoms with Crippen LogP contribution < -0.4 is 11.1 Å². The summed E-state index contributed by atoms with van der Waals surface area (Å²) in [7, 11) is 0. The maximum atomic E-state index is 11.5. The van der Waals surface area contributed by atoms with E-state index in [1.807, 2.05) is 13.8 Å². The largest absolute Gasteiger partial charge is 0.393 e. The molecule has 0 aliphatic carbocycles. The van der Waals surface area contributed by atoms with Gasteiger partial charge < -0.3 is 16.2 Å². The third-order valence-corrected chi connectivity index (χ3v) is 2.66.